The number of rotatable bonds is 6. The second kappa shape index (κ2) is 7.35. The van der Waals surface area contributed by atoms with Crippen LogP contribution in [0.25, 0.3) is 0 Å². The second-order valence-electron chi connectivity index (χ2n) is 4.50. The second-order valence-corrected chi connectivity index (χ2v) is 4.50. The number of hydrogen-bond acceptors (Lipinski definition) is 4. The first-order chi connectivity index (χ1) is 9.75. The summed E-state index contributed by atoms with van der Waals surface area (Å²) in [4.78, 5) is 20.0. The molecule has 0 atom stereocenters. The summed E-state index contributed by atoms with van der Waals surface area (Å²) in [7, 11) is 0. The Morgan fingerprint density at radius 3 is 2.65 bits per heavy atom. The number of benzene rings is 1. The van der Waals surface area contributed by atoms with Gasteiger partial charge in [-0.3, -0.25) is 14.8 Å². The van der Waals surface area contributed by atoms with Crippen molar-refractivity contribution >= 4 is 5.91 Å². The Kier molecular flexibility index (Phi) is 5.20. The van der Waals surface area contributed by atoms with E-state index in [2.05, 4.69) is 20.6 Å². The quantitative estimate of drug-likeness (QED) is 0.777. The van der Waals surface area contributed by atoms with Crippen LogP contribution < -0.4 is 10.6 Å². The number of nitrogens with one attached hydrogen (secondary N) is 2. The molecule has 5 nitrogen and oxygen atoms in total. The highest BCUT2D eigenvalue weighted by Crippen LogP contribution is 2.02. The van der Waals surface area contributed by atoms with Crippen molar-refractivity contribution in [2.45, 2.75) is 13.5 Å². The van der Waals surface area contributed by atoms with Gasteiger partial charge in [0.05, 0.1) is 5.69 Å². The van der Waals surface area contributed by atoms with E-state index in [-0.39, 0.29) is 5.91 Å². The van der Waals surface area contributed by atoms with Gasteiger partial charge < -0.3 is 10.6 Å². The number of carbonyl (C=O) groups excluding carboxylic acids is 1. The van der Waals surface area contributed by atoms with E-state index in [0.29, 0.717) is 25.2 Å². The number of aryl methyl sites for hydroxylation is 1. The van der Waals surface area contributed by atoms with Gasteiger partial charge in [-0.1, -0.05) is 17.7 Å². The summed E-state index contributed by atoms with van der Waals surface area (Å²) >= 11 is 0. The van der Waals surface area contributed by atoms with Gasteiger partial charge in [-0.15, -0.1) is 0 Å². The van der Waals surface area contributed by atoms with Crippen LogP contribution in [-0.4, -0.2) is 29.0 Å². The van der Waals surface area contributed by atoms with E-state index < -0.39 is 0 Å². The molecule has 0 bridgehead atoms. The number of amides is 1. The standard InChI is InChI=1S/C15H18N4O/c1-12-2-4-13(5-3-12)15(20)19-9-7-17-11-14-10-16-6-8-18-14/h2-6,8,10,17H,7,9,11H2,1H3,(H,19,20). The Hall–Kier alpha value is -2.27. The molecule has 0 aliphatic heterocycles. The minimum Gasteiger partial charge on any atom is -0.351 e. The lowest BCUT2D eigenvalue weighted by molar-refractivity contribution is 0.0954. The van der Waals surface area contributed by atoms with Gasteiger partial charge in [-0.2, -0.15) is 0 Å². The average Bonchev–Trinajstić information content (AvgIpc) is 2.48. The smallest absolute Gasteiger partial charge is 0.251 e. The minimum absolute atomic E-state index is 0.0497. The third-order valence-electron chi connectivity index (χ3n) is 2.82. The largest absolute Gasteiger partial charge is 0.351 e. The topological polar surface area (TPSA) is 66.9 Å². The predicted molar refractivity (Wildman–Crippen MR) is 77.3 cm³/mol. The number of carbonyl (C=O) groups is 1. The summed E-state index contributed by atoms with van der Waals surface area (Å²) in [6, 6.07) is 7.53. The van der Waals surface area contributed by atoms with Gasteiger partial charge in [0, 0.05) is 43.8 Å². The molecule has 0 aliphatic rings. The molecular weight excluding hydrogens is 252 g/mol. The fraction of sp³-hybridized carbons (Fsp3) is 0.267. The highest BCUT2D eigenvalue weighted by molar-refractivity contribution is 5.94. The number of aromatic nitrogens is 2. The van der Waals surface area contributed by atoms with Crippen molar-refractivity contribution in [1.29, 1.82) is 0 Å². The van der Waals surface area contributed by atoms with Crippen LogP contribution in [0.1, 0.15) is 21.6 Å². The van der Waals surface area contributed by atoms with Crippen molar-refractivity contribution in [3.63, 3.8) is 0 Å². The molecule has 1 aromatic carbocycles. The molecule has 0 radical (unpaired) electrons. The van der Waals surface area contributed by atoms with Crippen LogP contribution in [0, 0.1) is 6.92 Å². The molecule has 0 aliphatic carbocycles. The van der Waals surface area contributed by atoms with E-state index >= 15 is 0 Å². The van der Waals surface area contributed by atoms with Crippen LogP contribution in [-0.2, 0) is 6.54 Å². The maximum absolute atomic E-state index is 11.8. The van der Waals surface area contributed by atoms with Crippen LogP contribution >= 0.6 is 0 Å². The maximum Gasteiger partial charge on any atom is 0.251 e. The lowest BCUT2D eigenvalue weighted by Gasteiger charge is -2.06. The normalized spacial score (nSPS) is 10.2. The SMILES string of the molecule is Cc1ccc(C(=O)NCCNCc2cnccn2)cc1. The van der Waals surface area contributed by atoms with Gasteiger partial charge in [-0.25, -0.2) is 0 Å². The molecule has 0 fully saturated rings. The van der Waals surface area contributed by atoms with Gasteiger partial charge in [0.1, 0.15) is 0 Å². The van der Waals surface area contributed by atoms with Crippen molar-refractivity contribution < 1.29 is 4.79 Å². The van der Waals surface area contributed by atoms with Crippen molar-refractivity contribution in [3.8, 4) is 0 Å². The summed E-state index contributed by atoms with van der Waals surface area (Å²) in [5.74, 6) is -0.0497. The Morgan fingerprint density at radius 2 is 1.95 bits per heavy atom. The van der Waals surface area contributed by atoms with Crippen molar-refractivity contribution in [1.82, 2.24) is 20.6 Å². The van der Waals surface area contributed by atoms with Gasteiger partial charge in [0.2, 0.25) is 0 Å². The highest BCUT2D eigenvalue weighted by atomic mass is 16.1. The Labute approximate surface area is 118 Å². The zero-order chi connectivity index (χ0) is 14.2. The van der Waals surface area contributed by atoms with Crippen LogP contribution in [0.3, 0.4) is 0 Å². The monoisotopic (exact) mass is 270 g/mol. The minimum atomic E-state index is -0.0497. The van der Waals surface area contributed by atoms with Gasteiger partial charge in [0.25, 0.3) is 5.91 Å². The summed E-state index contributed by atoms with van der Waals surface area (Å²) in [6.45, 7) is 3.91. The molecule has 0 unspecified atom stereocenters. The fourth-order valence-corrected chi connectivity index (χ4v) is 1.71. The zero-order valence-electron chi connectivity index (χ0n) is 11.5. The molecule has 0 saturated carbocycles. The summed E-state index contributed by atoms with van der Waals surface area (Å²) in [5, 5.41) is 6.07. The summed E-state index contributed by atoms with van der Waals surface area (Å²) < 4.78 is 0. The van der Waals surface area contributed by atoms with E-state index in [1.54, 1.807) is 18.6 Å². The summed E-state index contributed by atoms with van der Waals surface area (Å²) in [6.07, 6.45) is 5.03. The average molecular weight is 270 g/mol. The lowest BCUT2D eigenvalue weighted by Crippen LogP contribution is -2.31. The van der Waals surface area contributed by atoms with Crippen molar-refractivity contribution in [3.05, 3.63) is 59.7 Å². The van der Waals surface area contributed by atoms with E-state index in [1.165, 1.54) is 0 Å². The molecule has 0 saturated heterocycles. The first kappa shape index (κ1) is 14.1. The Bertz CT molecular complexity index is 540. The molecule has 2 aromatic rings. The van der Waals surface area contributed by atoms with E-state index in [9.17, 15) is 4.79 Å². The van der Waals surface area contributed by atoms with E-state index in [1.807, 2.05) is 31.2 Å². The lowest BCUT2D eigenvalue weighted by atomic mass is 10.1. The Morgan fingerprint density at radius 1 is 1.15 bits per heavy atom. The number of hydrogen-bond donors (Lipinski definition) is 2. The van der Waals surface area contributed by atoms with Gasteiger partial charge in [-0.05, 0) is 19.1 Å². The van der Waals surface area contributed by atoms with Gasteiger partial charge in [0.15, 0.2) is 0 Å². The van der Waals surface area contributed by atoms with E-state index in [0.717, 1.165) is 11.3 Å². The van der Waals surface area contributed by atoms with Crippen LogP contribution in [0.15, 0.2) is 42.9 Å². The molecule has 1 amide bonds. The molecular formula is C15H18N4O. The maximum atomic E-state index is 11.8. The van der Waals surface area contributed by atoms with Crippen molar-refractivity contribution in [2.24, 2.45) is 0 Å². The molecule has 5 heteroatoms. The van der Waals surface area contributed by atoms with E-state index in [4.69, 9.17) is 0 Å². The third kappa shape index (κ3) is 4.44. The molecule has 2 rings (SSSR count). The third-order valence-corrected chi connectivity index (χ3v) is 2.82. The first-order valence-corrected chi connectivity index (χ1v) is 6.56. The van der Waals surface area contributed by atoms with Gasteiger partial charge >= 0.3 is 0 Å². The predicted octanol–water partition coefficient (Wildman–Crippen LogP) is 1.30. The van der Waals surface area contributed by atoms with Crippen molar-refractivity contribution in [2.75, 3.05) is 13.1 Å². The van der Waals surface area contributed by atoms with Crippen LogP contribution in [0.5, 0.6) is 0 Å². The molecule has 2 N–H and O–H groups in total. The number of nitrogens with zero attached hydrogens (tertiary/aromatic N) is 2. The summed E-state index contributed by atoms with van der Waals surface area (Å²) in [5.41, 5.74) is 2.72. The molecule has 1 heterocycles. The van der Waals surface area contributed by atoms with Crippen LogP contribution in [0.2, 0.25) is 0 Å². The van der Waals surface area contributed by atoms with Crippen LogP contribution in [0.4, 0.5) is 0 Å². The zero-order valence-corrected chi connectivity index (χ0v) is 11.5. The molecule has 1 aromatic heterocycles. The molecule has 20 heavy (non-hydrogen) atoms. The Balaban J connectivity index is 1.66. The highest BCUT2D eigenvalue weighted by Gasteiger charge is 2.03. The molecule has 0 spiro atoms. The first-order valence-electron chi connectivity index (χ1n) is 6.56. The fourth-order valence-electron chi connectivity index (χ4n) is 1.71. The molecule has 104 valence electrons.